The molecule has 0 aliphatic rings. The molecule has 1 N–H and O–H groups in total. The zero-order chi connectivity index (χ0) is 19.2. The third-order valence-electron chi connectivity index (χ3n) is 4.62. The van der Waals surface area contributed by atoms with Crippen molar-refractivity contribution >= 4 is 33.7 Å². The Morgan fingerprint density at radius 1 is 0.893 bits per heavy atom. The van der Waals surface area contributed by atoms with Gasteiger partial charge in [-0.05, 0) is 48.4 Å². The number of aromatic nitrogens is 1. The van der Waals surface area contributed by atoms with Crippen molar-refractivity contribution in [3.05, 3.63) is 78.4 Å². The molecule has 4 nitrogen and oxygen atoms in total. The van der Waals surface area contributed by atoms with Crippen LogP contribution in [0, 0.1) is 0 Å². The third-order valence-corrected chi connectivity index (χ3v) is 4.62. The number of nitrogens with zero attached hydrogens (tertiary/aromatic N) is 2. The Balaban J connectivity index is 1.56. The zero-order valence-electron chi connectivity index (χ0n) is 15.9. The molecule has 0 atom stereocenters. The lowest BCUT2D eigenvalue weighted by Gasteiger charge is -2.10. The Labute approximate surface area is 164 Å². The molecule has 3 aromatic carbocycles. The lowest BCUT2D eigenvalue weighted by molar-refractivity contribution is 0.309. The molecule has 0 amide bonds. The summed E-state index contributed by atoms with van der Waals surface area (Å²) in [6.07, 6.45) is 4.02. The van der Waals surface area contributed by atoms with Crippen molar-refractivity contribution in [1.82, 2.24) is 4.98 Å². The molecule has 28 heavy (non-hydrogen) atoms. The summed E-state index contributed by atoms with van der Waals surface area (Å²) in [6.45, 7) is 2.92. The molecule has 1 aromatic heterocycles. The van der Waals surface area contributed by atoms with Gasteiger partial charge in [0.2, 0.25) is 0 Å². The summed E-state index contributed by atoms with van der Waals surface area (Å²) in [5.74, 6) is 0.893. The maximum absolute atomic E-state index is 5.70. The lowest BCUT2D eigenvalue weighted by atomic mass is 10.1. The minimum absolute atomic E-state index is 0.758. The number of para-hydroxylation sites is 2. The van der Waals surface area contributed by atoms with E-state index in [1.54, 1.807) is 0 Å². The SMILES string of the molecule is CCCCOc1ccc(/C=N/Nc2c3ccccc3nc3ccccc23)cc1. The molecule has 0 spiro atoms. The normalized spacial score (nSPS) is 11.3. The average molecular weight is 369 g/mol. The number of fused-ring (bicyclic) bond motifs is 2. The van der Waals surface area contributed by atoms with Crippen LogP contribution in [0.4, 0.5) is 5.69 Å². The minimum atomic E-state index is 0.758. The summed E-state index contributed by atoms with van der Waals surface area (Å²) in [5, 5.41) is 6.58. The van der Waals surface area contributed by atoms with Crippen molar-refractivity contribution in [3.63, 3.8) is 0 Å². The fourth-order valence-electron chi connectivity index (χ4n) is 3.12. The number of anilines is 1. The van der Waals surface area contributed by atoms with Gasteiger partial charge in [-0.1, -0.05) is 49.7 Å². The van der Waals surface area contributed by atoms with Gasteiger partial charge >= 0.3 is 0 Å². The number of hydrogen-bond donors (Lipinski definition) is 1. The average Bonchev–Trinajstić information content (AvgIpc) is 2.74. The largest absolute Gasteiger partial charge is 0.494 e. The van der Waals surface area contributed by atoms with E-state index in [0.717, 1.165) is 58.3 Å². The van der Waals surface area contributed by atoms with Crippen molar-refractivity contribution in [3.8, 4) is 5.75 Å². The maximum atomic E-state index is 5.70. The molecular formula is C24H23N3O. The number of pyridine rings is 1. The van der Waals surface area contributed by atoms with Crippen molar-refractivity contribution in [2.45, 2.75) is 19.8 Å². The van der Waals surface area contributed by atoms with Gasteiger partial charge in [0, 0.05) is 10.8 Å². The summed E-state index contributed by atoms with van der Waals surface area (Å²) in [6, 6.07) is 24.2. The molecule has 0 aliphatic heterocycles. The van der Waals surface area contributed by atoms with Gasteiger partial charge in [0.15, 0.2) is 0 Å². The first-order valence-corrected chi connectivity index (χ1v) is 9.64. The van der Waals surface area contributed by atoms with Crippen LogP contribution in [0.1, 0.15) is 25.3 Å². The molecule has 4 heteroatoms. The van der Waals surface area contributed by atoms with E-state index in [9.17, 15) is 0 Å². The van der Waals surface area contributed by atoms with Crippen LogP contribution in [0.15, 0.2) is 77.9 Å². The third kappa shape index (κ3) is 3.96. The Morgan fingerprint density at radius 2 is 1.54 bits per heavy atom. The molecule has 4 aromatic rings. The van der Waals surface area contributed by atoms with Crippen LogP contribution in [0.25, 0.3) is 21.8 Å². The van der Waals surface area contributed by atoms with E-state index in [1.807, 2.05) is 66.9 Å². The summed E-state index contributed by atoms with van der Waals surface area (Å²) in [4.78, 5) is 4.74. The van der Waals surface area contributed by atoms with Crippen LogP contribution in [0.2, 0.25) is 0 Å². The second-order valence-corrected chi connectivity index (χ2v) is 6.66. The Hall–Kier alpha value is -3.40. The minimum Gasteiger partial charge on any atom is -0.494 e. The first-order chi connectivity index (χ1) is 13.8. The summed E-state index contributed by atoms with van der Waals surface area (Å²) in [5.41, 5.74) is 7.12. The number of benzene rings is 3. The molecule has 0 bridgehead atoms. The van der Waals surface area contributed by atoms with Crippen molar-refractivity contribution in [1.29, 1.82) is 0 Å². The predicted octanol–water partition coefficient (Wildman–Crippen LogP) is 6.01. The fraction of sp³-hybridized carbons (Fsp3) is 0.167. The number of rotatable bonds is 7. The van der Waals surface area contributed by atoms with Gasteiger partial charge in [-0.15, -0.1) is 0 Å². The van der Waals surface area contributed by atoms with E-state index in [1.165, 1.54) is 0 Å². The highest BCUT2D eigenvalue weighted by Gasteiger charge is 2.07. The highest BCUT2D eigenvalue weighted by atomic mass is 16.5. The summed E-state index contributed by atoms with van der Waals surface area (Å²) >= 11 is 0. The first-order valence-electron chi connectivity index (χ1n) is 9.64. The van der Waals surface area contributed by atoms with Crippen molar-refractivity contribution in [2.75, 3.05) is 12.0 Å². The zero-order valence-corrected chi connectivity index (χ0v) is 15.9. The number of hydrazone groups is 1. The molecule has 0 saturated heterocycles. The molecule has 0 aliphatic carbocycles. The smallest absolute Gasteiger partial charge is 0.119 e. The Kier molecular flexibility index (Phi) is 5.48. The predicted molar refractivity (Wildman–Crippen MR) is 117 cm³/mol. The van der Waals surface area contributed by atoms with Crippen LogP contribution in [0.5, 0.6) is 5.75 Å². The molecule has 1 heterocycles. The molecule has 0 fully saturated rings. The van der Waals surface area contributed by atoms with Gasteiger partial charge in [-0.25, -0.2) is 4.98 Å². The van der Waals surface area contributed by atoms with Gasteiger partial charge in [-0.2, -0.15) is 5.10 Å². The monoisotopic (exact) mass is 369 g/mol. The van der Waals surface area contributed by atoms with E-state index in [0.29, 0.717) is 0 Å². The maximum Gasteiger partial charge on any atom is 0.119 e. The van der Waals surface area contributed by atoms with Crippen LogP contribution in [0.3, 0.4) is 0 Å². The van der Waals surface area contributed by atoms with Crippen LogP contribution >= 0.6 is 0 Å². The highest BCUT2D eigenvalue weighted by molar-refractivity contribution is 6.07. The number of unbranched alkanes of at least 4 members (excludes halogenated alkanes) is 1. The fourth-order valence-corrected chi connectivity index (χ4v) is 3.12. The van der Waals surface area contributed by atoms with Gasteiger partial charge < -0.3 is 4.74 Å². The quantitative estimate of drug-likeness (QED) is 0.188. The van der Waals surface area contributed by atoms with Crippen molar-refractivity contribution < 1.29 is 4.74 Å². The summed E-state index contributed by atoms with van der Waals surface area (Å²) < 4.78 is 5.70. The van der Waals surface area contributed by atoms with Gasteiger partial charge in [0.1, 0.15) is 5.75 Å². The highest BCUT2D eigenvalue weighted by Crippen LogP contribution is 2.30. The molecule has 0 saturated carbocycles. The topological polar surface area (TPSA) is 46.5 Å². The molecule has 140 valence electrons. The van der Waals surface area contributed by atoms with Gasteiger partial charge in [0.05, 0.1) is 29.5 Å². The molecule has 4 rings (SSSR count). The van der Waals surface area contributed by atoms with Crippen LogP contribution in [-0.4, -0.2) is 17.8 Å². The molecule has 0 radical (unpaired) electrons. The molecular weight excluding hydrogens is 346 g/mol. The first kappa shape index (κ1) is 18.0. The lowest BCUT2D eigenvalue weighted by Crippen LogP contribution is -1.97. The number of nitrogens with one attached hydrogen (secondary N) is 1. The van der Waals surface area contributed by atoms with Crippen molar-refractivity contribution in [2.24, 2.45) is 5.10 Å². The summed E-state index contributed by atoms with van der Waals surface area (Å²) in [7, 11) is 0. The number of ether oxygens (including phenoxy) is 1. The van der Waals surface area contributed by atoms with E-state index in [4.69, 9.17) is 9.72 Å². The van der Waals surface area contributed by atoms with Crippen LogP contribution < -0.4 is 10.2 Å². The van der Waals surface area contributed by atoms with Crippen LogP contribution in [-0.2, 0) is 0 Å². The second kappa shape index (κ2) is 8.53. The van der Waals surface area contributed by atoms with E-state index in [2.05, 4.69) is 29.6 Å². The van der Waals surface area contributed by atoms with Gasteiger partial charge in [-0.3, -0.25) is 5.43 Å². The van der Waals surface area contributed by atoms with E-state index in [-0.39, 0.29) is 0 Å². The second-order valence-electron chi connectivity index (χ2n) is 6.66. The van der Waals surface area contributed by atoms with E-state index < -0.39 is 0 Å². The Morgan fingerprint density at radius 3 is 2.18 bits per heavy atom. The number of hydrogen-bond acceptors (Lipinski definition) is 4. The standard InChI is InChI=1S/C24H23N3O/c1-2-3-16-28-19-14-12-18(13-15-19)17-25-27-24-20-8-4-6-10-22(20)26-23-11-7-5-9-21(23)24/h4-15,17H,2-3,16H2,1H3,(H,26,27)/b25-17+. The van der Waals surface area contributed by atoms with Gasteiger partial charge in [0.25, 0.3) is 0 Å². The van der Waals surface area contributed by atoms with E-state index >= 15 is 0 Å². The molecule has 0 unspecified atom stereocenters. The Bertz CT molecular complexity index is 1050.